The highest BCUT2D eigenvalue weighted by Gasteiger charge is 2.11. The lowest BCUT2D eigenvalue weighted by atomic mass is 10.1. The van der Waals surface area contributed by atoms with Crippen molar-refractivity contribution in [3.05, 3.63) is 59.2 Å². The van der Waals surface area contributed by atoms with Crippen LogP contribution < -0.4 is 5.73 Å². The summed E-state index contributed by atoms with van der Waals surface area (Å²) in [5.74, 6) is -0.317. The van der Waals surface area contributed by atoms with Crippen LogP contribution in [0.1, 0.15) is 23.9 Å². The first-order valence-electron chi connectivity index (χ1n) is 6.78. The molecule has 0 bridgehead atoms. The van der Waals surface area contributed by atoms with Crippen LogP contribution in [0, 0.1) is 12.7 Å². The Hall–Kier alpha value is -1.94. The van der Waals surface area contributed by atoms with Crippen molar-refractivity contribution in [2.24, 2.45) is 0 Å². The Labute approximate surface area is 119 Å². The van der Waals surface area contributed by atoms with Crippen molar-refractivity contribution >= 4 is 5.69 Å². The van der Waals surface area contributed by atoms with E-state index in [-0.39, 0.29) is 11.5 Å². The van der Waals surface area contributed by atoms with Crippen molar-refractivity contribution < 1.29 is 4.39 Å². The number of aryl methyl sites for hydroxylation is 1. The minimum absolute atomic E-state index is 0.201. The number of benzene rings is 1. The molecule has 0 spiro atoms. The molecule has 0 saturated carbocycles. The van der Waals surface area contributed by atoms with Crippen molar-refractivity contribution in [3.8, 4) is 0 Å². The molecule has 1 heterocycles. The average molecular weight is 273 g/mol. The Morgan fingerprint density at radius 3 is 2.60 bits per heavy atom. The average Bonchev–Trinajstić information content (AvgIpc) is 2.43. The van der Waals surface area contributed by atoms with Gasteiger partial charge in [0.1, 0.15) is 0 Å². The molecule has 2 aromatic rings. The zero-order valence-corrected chi connectivity index (χ0v) is 11.9. The number of halogens is 1. The lowest BCUT2D eigenvalue weighted by Gasteiger charge is -2.20. The molecule has 0 aliphatic heterocycles. The monoisotopic (exact) mass is 273 g/mol. The second-order valence-corrected chi connectivity index (χ2v) is 4.89. The van der Waals surface area contributed by atoms with Gasteiger partial charge in [-0.2, -0.15) is 0 Å². The Balaban J connectivity index is 2.11. The molecule has 0 atom stereocenters. The number of anilines is 1. The summed E-state index contributed by atoms with van der Waals surface area (Å²) in [6.07, 6.45) is 0. The number of rotatable bonds is 5. The Morgan fingerprint density at radius 1 is 1.15 bits per heavy atom. The van der Waals surface area contributed by atoms with Gasteiger partial charge in [-0.1, -0.05) is 25.1 Å². The van der Waals surface area contributed by atoms with E-state index >= 15 is 0 Å². The maximum atomic E-state index is 13.9. The number of aromatic nitrogens is 1. The topological polar surface area (TPSA) is 42.2 Å². The summed E-state index contributed by atoms with van der Waals surface area (Å²) in [6.45, 7) is 6.08. The molecule has 2 rings (SSSR count). The third-order valence-electron chi connectivity index (χ3n) is 3.28. The van der Waals surface area contributed by atoms with Gasteiger partial charge < -0.3 is 5.73 Å². The van der Waals surface area contributed by atoms with Crippen LogP contribution in [0.15, 0.2) is 36.4 Å². The summed E-state index contributed by atoms with van der Waals surface area (Å²) in [5, 5.41) is 0. The van der Waals surface area contributed by atoms with Gasteiger partial charge in [-0.05, 0) is 31.7 Å². The molecule has 2 N–H and O–H groups in total. The molecule has 1 aromatic carbocycles. The first kappa shape index (κ1) is 14.5. The van der Waals surface area contributed by atoms with Gasteiger partial charge in [0, 0.05) is 24.3 Å². The van der Waals surface area contributed by atoms with Gasteiger partial charge in [-0.25, -0.2) is 4.39 Å². The molecule has 0 aliphatic rings. The third kappa shape index (κ3) is 3.54. The van der Waals surface area contributed by atoms with Crippen molar-refractivity contribution in [3.63, 3.8) is 0 Å². The summed E-state index contributed by atoms with van der Waals surface area (Å²) < 4.78 is 13.9. The van der Waals surface area contributed by atoms with Crippen LogP contribution in [0.25, 0.3) is 0 Å². The predicted octanol–water partition coefficient (Wildman–Crippen LogP) is 3.13. The Morgan fingerprint density at radius 2 is 1.90 bits per heavy atom. The number of nitrogen functional groups attached to an aromatic ring is 1. The zero-order valence-electron chi connectivity index (χ0n) is 11.9. The van der Waals surface area contributed by atoms with Gasteiger partial charge >= 0.3 is 0 Å². The molecule has 106 valence electrons. The SMILES string of the molecule is CCN(Cc1cccc(C)n1)Cc1cccc(N)c1F. The first-order valence-corrected chi connectivity index (χ1v) is 6.78. The fourth-order valence-electron chi connectivity index (χ4n) is 2.16. The summed E-state index contributed by atoms with van der Waals surface area (Å²) >= 11 is 0. The minimum atomic E-state index is -0.317. The van der Waals surface area contributed by atoms with Crippen molar-refractivity contribution in [2.75, 3.05) is 12.3 Å². The molecule has 0 fully saturated rings. The molecule has 0 amide bonds. The Kier molecular flexibility index (Phi) is 4.69. The Bertz CT molecular complexity index is 584. The smallest absolute Gasteiger partial charge is 0.150 e. The van der Waals surface area contributed by atoms with E-state index in [4.69, 9.17) is 5.73 Å². The summed E-state index contributed by atoms with van der Waals surface area (Å²) in [4.78, 5) is 6.62. The molecule has 0 unspecified atom stereocenters. The molecule has 0 radical (unpaired) electrons. The van der Waals surface area contributed by atoms with Crippen LogP contribution in [0.5, 0.6) is 0 Å². The molecular weight excluding hydrogens is 253 g/mol. The maximum Gasteiger partial charge on any atom is 0.150 e. The van der Waals surface area contributed by atoms with Gasteiger partial charge in [0.15, 0.2) is 5.82 Å². The van der Waals surface area contributed by atoms with Crippen LogP contribution >= 0.6 is 0 Å². The highest BCUT2D eigenvalue weighted by molar-refractivity contribution is 5.42. The second-order valence-electron chi connectivity index (χ2n) is 4.89. The van der Waals surface area contributed by atoms with E-state index < -0.39 is 0 Å². The van der Waals surface area contributed by atoms with Crippen molar-refractivity contribution in [1.82, 2.24) is 9.88 Å². The van der Waals surface area contributed by atoms with Crippen LogP contribution in [0.2, 0.25) is 0 Å². The molecule has 3 nitrogen and oxygen atoms in total. The number of nitrogens with two attached hydrogens (primary N) is 1. The molecule has 0 aliphatic carbocycles. The van der Waals surface area contributed by atoms with E-state index in [2.05, 4.69) is 16.8 Å². The van der Waals surface area contributed by atoms with Crippen LogP contribution in [-0.4, -0.2) is 16.4 Å². The van der Waals surface area contributed by atoms with Crippen LogP contribution in [0.3, 0.4) is 0 Å². The fourth-order valence-corrected chi connectivity index (χ4v) is 2.16. The molecule has 1 aromatic heterocycles. The van der Waals surface area contributed by atoms with E-state index in [0.717, 1.165) is 17.9 Å². The minimum Gasteiger partial charge on any atom is -0.396 e. The largest absolute Gasteiger partial charge is 0.396 e. The van der Waals surface area contributed by atoms with E-state index in [1.165, 1.54) is 0 Å². The molecule has 0 saturated heterocycles. The first-order chi connectivity index (χ1) is 9.60. The number of nitrogens with zero attached hydrogens (tertiary/aromatic N) is 2. The normalized spacial score (nSPS) is 11.0. The highest BCUT2D eigenvalue weighted by Crippen LogP contribution is 2.17. The summed E-state index contributed by atoms with van der Waals surface area (Å²) in [6, 6.07) is 11.1. The molecular formula is C16H20FN3. The number of hydrogen-bond acceptors (Lipinski definition) is 3. The maximum absolute atomic E-state index is 13.9. The highest BCUT2D eigenvalue weighted by atomic mass is 19.1. The van der Waals surface area contributed by atoms with Gasteiger partial charge in [-0.3, -0.25) is 9.88 Å². The van der Waals surface area contributed by atoms with Crippen LogP contribution in [-0.2, 0) is 13.1 Å². The molecule has 20 heavy (non-hydrogen) atoms. The third-order valence-corrected chi connectivity index (χ3v) is 3.28. The zero-order chi connectivity index (χ0) is 14.5. The predicted molar refractivity (Wildman–Crippen MR) is 79.6 cm³/mol. The second kappa shape index (κ2) is 6.48. The van der Waals surface area contributed by atoms with E-state index in [1.54, 1.807) is 18.2 Å². The van der Waals surface area contributed by atoms with Crippen molar-refractivity contribution in [1.29, 1.82) is 0 Å². The van der Waals surface area contributed by atoms with Gasteiger partial charge in [0.05, 0.1) is 11.4 Å². The van der Waals surface area contributed by atoms with Crippen LogP contribution in [0.4, 0.5) is 10.1 Å². The van der Waals surface area contributed by atoms with E-state index in [9.17, 15) is 4.39 Å². The number of hydrogen-bond donors (Lipinski definition) is 1. The number of pyridine rings is 1. The van der Waals surface area contributed by atoms with Gasteiger partial charge in [0.25, 0.3) is 0 Å². The van der Waals surface area contributed by atoms with Gasteiger partial charge in [0.2, 0.25) is 0 Å². The lowest BCUT2D eigenvalue weighted by molar-refractivity contribution is 0.264. The van der Waals surface area contributed by atoms with E-state index in [1.807, 2.05) is 25.1 Å². The standard InChI is InChI=1S/C16H20FN3/c1-3-20(11-14-8-4-6-12(2)19-14)10-13-7-5-9-15(18)16(13)17/h4-9H,3,10-11,18H2,1-2H3. The quantitative estimate of drug-likeness (QED) is 0.851. The summed E-state index contributed by atoms with van der Waals surface area (Å²) in [7, 11) is 0. The van der Waals surface area contributed by atoms with Crippen molar-refractivity contribution in [2.45, 2.75) is 26.9 Å². The fraction of sp³-hybridized carbons (Fsp3) is 0.312. The summed E-state index contributed by atoms with van der Waals surface area (Å²) in [5.41, 5.74) is 8.42. The van der Waals surface area contributed by atoms with E-state index in [0.29, 0.717) is 18.7 Å². The molecule has 4 heteroatoms. The lowest BCUT2D eigenvalue weighted by Crippen LogP contribution is -2.23. The van der Waals surface area contributed by atoms with Gasteiger partial charge in [-0.15, -0.1) is 0 Å².